The predicted molar refractivity (Wildman–Crippen MR) is 76.0 cm³/mol. The predicted octanol–water partition coefficient (Wildman–Crippen LogP) is 3.05. The molecule has 0 atom stereocenters. The summed E-state index contributed by atoms with van der Waals surface area (Å²) >= 11 is 0. The molecule has 0 unspecified atom stereocenters. The maximum atomic E-state index is 11.3. The second-order valence-corrected chi connectivity index (χ2v) is 6.71. The summed E-state index contributed by atoms with van der Waals surface area (Å²) in [5, 5.41) is 0. The van der Waals surface area contributed by atoms with E-state index in [4.69, 9.17) is 0 Å². The molecule has 0 saturated carbocycles. The van der Waals surface area contributed by atoms with E-state index in [1.165, 1.54) is 0 Å². The summed E-state index contributed by atoms with van der Waals surface area (Å²) in [6.45, 7) is 8.91. The molecule has 0 fully saturated rings. The number of unbranched alkanes of at least 4 members (excludes halogenated alkanes) is 3. The molecule has 4 nitrogen and oxygen atoms in total. The van der Waals surface area contributed by atoms with Crippen LogP contribution < -0.4 is 0 Å². The van der Waals surface area contributed by atoms with Crippen molar-refractivity contribution in [1.29, 1.82) is 0 Å². The van der Waals surface area contributed by atoms with Crippen LogP contribution >= 0.6 is 0 Å². The number of quaternary nitrogens is 1. The lowest BCUT2D eigenvalue weighted by Gasteiger charge is -2.37. The molecule has 0 spiro atoms. The molecule has 0 radical (unpaired) electrons. The molecule has 0 aromatic heterocycles. The number of hydrogen-bond donors (Lipinski definition) is 1. The van der Waals surface area contributed by atoms with Gasteiger partial charge in [-0.05, 0) is 19.3 Å². The molecule has 0 rings (SSSR count). The van der Waals surface area contributed by atoms with Crippen LogP contribution in [0.2, 0.25) is 0 Å². The quantitative estimate of drug-likeness (QED) is 0.467. The lowest BCUT2D eigenvalue weighted by atomic mass is 10.2. The third kappa shape index (κ3) is 8.06. The van der Waals surface area contributed by atoms with Crippen molar-refractivity contribution in [2.45, 2.75) is 59.3 Å². The fourth-order valence-electron chi connectivity index (χ4n) is 2.36. The first kappa shape index (κ1) is 17.9. The van der Waals surface area contributed by atoms with E-state index in [0.717, 1.165) is 58.2 Å². The minimum Gasteiger partial charge on any atom is -0.309 e. The molecule has 0 aliphatic heterocycles. The van der Waals surface area contributed by atoms with Gasteiger partial charge in [-0.1, -0.05) is 40.0 Å². The van der Waals surface area contributed by atoms with Crippen molar-refractivity contribution in [2.75, 3.05) is 25.5 Å². The van der Waals surface area contributed by atoms with Crippen LogP contribution in [0.1, 0.15) is 59.3 Å². The first-order valence-electron chi connectivity index (χ1n) is 7.19. The van der Waals surface area contributed by atoms with Gasteiger partial charge >= 0.3 is 10.1 Å². The Balaban J connectivity index is 4.84. The van der Waals surface area contributed by atoms with E-state index in [9.17, 15) is 13.0 Å². The third-order valence-electron chi connectivity index (χ3n) is 3.40. The Morgan fingerprint density at radius 2 is 1.17 bits per heavy atom. The van der Waals surface area contributed by atoms with Crippen molar-refractivity contribution in [2.24, 2.45) is 0 Å². The average Bonchev–Trinajstić information content (AvgIpc) is 2.29. The SMILES string of the molecule is CCCC[N+](CCCC)(CCCC)CS(=O)(=O)O. The average molecular weight is 280 g/mol. The van der Waals surface area contributed by atoms with Gasteiger partial charge in [0.2, 0.25) is 5.88 Å². The van der Waals surface area contributed by atoms with Crippen molar-refractivity contribution in [3.05, 3.63) is 0 Å². The van der Waals surface area contributed by atoms with Gasteiger partial charge in [-0.3, -0.25) is 4.55 Å². The highest BCUT2D eigenvalue weighted by Crippen LogP contribution is 2.16. The topological polar surface area (TPSA) is 54.4 Å². The number of nitrogens with zero attached hydrogens (tertiary/aromatic N) is 1. The lowest BCUT2D eigenvalue weighted by molar-refractivity contribution is -0.918. The molecule has 0 aromatic carbocycles. The Labute approximate surface area is 113 Å². The Morgan fingerprint density at radius 1 is 0.833 bits per heavy atom. The Morgan fingerprint density at radius 3 is 1.39 bits per heavy atom. The zero-order chi connectivity index (χ0) is 14.1. The molecule has 1 N–H and O–H groups in total. The van der Waals surface area contributed by atoms with Crippen molar-refractivity contribution in [1.82, 2.24) is 0 Å². The second-order valence-electron chi connectivity index (χ2n) is 5.28. The van der Waals surface area contributed by atoms with Crippen LogP contribution in [0.5, 0.6) is 0 Å². The van der Waals surface area contributed by atoms with Crippen molar-refractivity contribution < 1.29 is 17.5 Å². The molecule has 0 bridgehead atoms. The fraction of sp³-hybridized carbons (Fsp3) is 1.00. The summed E-state index contributed by atoms with van der Waals surface area (Å²) in [5.41, 5.74) is 0. The molecule has 0 aromatic rings. The van der Waals surface area contributed by atoms with E-state index in [0.29, 0.717) is 4.48 Å². The molecule has 0 aliphatic carbocycles. The molecular weight excluding hydrogens is 250 g/mol. The van der Waals surface area contributed by atoms with Gasteiger partial charge in [0, 0.05) is 0 Å². The summed E-state index contributed by atoms with van der Waals surface area (Å²) in [6, 6.07) is 0. The van der Waals surface area contributed by atoms with Crippen LogP contribution in [0.3, 0.4) is 0 Å². The highest BCUT2D eigenvalue weighted by atomic mass is 32.2. The second kappa shape index (κ2) is 8.88. The van der Waals surface area contributed by atoms with Crippen molar-refractivity contribution in [3.63, 3.8) is 0 Å². The highest BCUT2D eigenvalue weighted by Gasteiger charge is 2.31. The normalized spacial score (nSPS) is 12.9. The molecule has 5 heteroatoms. The molecule has 0 aliphatic rings. The van der Waals surface area contributed by atoms with Crippen LogP contribution in [0, 0.1) is 0 Å². The van der Waals surface area contributed by atoms with E-state index in [2.05, 4.69) is 20.8 Å². The minimum absolute atomic E-state index is 0.118. The van der Waals surface area contributed by atoms with E-state index in [1.807, 2.05) is 0 Å². The summed E-state index contributed by atoms with van der Waals surface area (Å²) in [6.07, 6.45) is 6.23. The van der Waals surface area contributed by atoms with E-state index >= 15 is 0 Å². The van der Waals surface area contributed by atoms with Crippen LogP contribution in [-0.4, -0.2) is 43.0 Å². The molecule has 0 amide bonds. The Hall–Kier alpha value is -0.130. The highest BCUT2D eigenvalue weighted by molar-refractivity contribution is 7.85. The maximum Gasteiger partial charge on any atom is 0.316 e. The summed E-state index contributed by atoms with van der Waals surface area (Å²) in [7, 11) is -3.90. The van der Waals surface area contributed by atoms with Crippen LogP contribution in [-0.2, 0) is 10.1 Å². The van der Waals surface area contributed by atoms with E-state index < -0.39 is 10.1 Å². The summed E-state index contributed by atoms with van der Waals surface area (Å²) in [4.78, 5) is 0. The van der Waals surface area contributed by atoms with Gasteiger partial charge in [0.25, 0.3) is 0 Å². The van der Waals surface area contributed by atoms with Gasteiger partial charge in [0.1, 0.15) is 0 Å². The lowest BCUT2D eigenvalue weighted by Crippen LogP contribution is -2.52. The minimum atomic E-state index is -3.90. The van der Waals surface area contributed by atoms with Crippen LogP contribution in [0.4, 0.5) is 0 Å². The molecule has 18 heavy (non-hydrogen) atoms. The Bertz CT molecular complexity index is 280. The van der Waals surface area contributed by atoms with Gasteiger partial charge in [-0.25, -0.2) is 0 Å². The van der Waals surface area contributed by atoms with Gasteiger partial charge in [0.05, 0.1) is 19.6 Å². The van der Waals surface area contributed by atoms with Gasteiger partial charge in [0.15, 0.2) is 0 Å². The van der Waals surface area contributed by atoms with Gasteiger partial charge < -0.3 is 4.48 Å². The number of hydrogen-bond acceptors (Lipinski definition) is 2. The molecule has 0 saturated heterocycles. The van der Waals surface area contributed by atoms with Crippen LogP contribution in [0.15, 0.2) is 0 Å². The fourth-order valence-corrected chi connectivity index (χ4v) is 3.44. The summed E-state index contributed by atoms with van der Waals surface area (Å²) in [5.74, 6) is -0.118. The monoisotopic (exact) mass is 280 g/mol. The smallest absolute Gasteiger partial charge is 0.309 e. The van der Waals surface area contributed by atoms with Gasteiger partial charge in [-0.15, -0.1) is 0 Å². The van der Waals surface area contributed by atoms with E-state index in [-0.39, 0.29) is 5.88 Å². The van der Waals surface area contributed by atoms with Crippen molar-refractivity contribution in [3.8, 4) is 0 Å². The van der Waals surface area contributed by atoms with E-state index in [1.54, 1.807) is 0 Å². The standard InChI is InChI=1S/C13H29NO3S/c1-4-7-10-14(11-8-5-2,12-9-6-3)13-18(15,16)17/h4-13H2,1-3H3/p+1. The largest absolute Gasteiger partial charge is 0.316 e. The zero-order valence-corrected chi connectivity index (χ0v) is 13.0. The molecular formula is C13H30NO3S+. The number of rotatable bonds is 11. The molecule has 110 valence electrons. The molecule has 0 heterocycles. The maximum absolute atomic E-state index is 11.3. The van der Waals surface area contributed by atoms with Crippen molar-refractivity contribution >= 4 is 10.1 Å². The summed E-state index contributed by atoms with van der Waals surface area (Å²) < 4.78 is 32.3. The van der Waals surface area contributed by atoms with Gasteiger partial charge in [-0.2, -0.15) is 8.42 Å². The third-order valence-corrected chi connectivity index (χ3v) is 4.27. The zero-order valence-electron chi connectivity index (χ0n) is 12.2. The Kier molecular flexibility index (Phi) is 8.82. The van der Waals surface area contributed by atoms with Crippen LogP contribution in [0.25, 0.3) is 0 Å². The first-order valence-corrected chi connectivity index (χ1v) is 8.80. The first-order chi connectivity index (χ1) is 8.39.